The number of sulfonamides is 1. The molecule has 0 unspecified atom stereocenters. The second kappa shape index (κ2) is 10.3. The molecule has 0 fully saturated rings. The van der Waals surface area contributed by atoms with Gasteiger partial charge in [0.1, 0.15) is 11.6 Å². The fraction of sp³-hybridized carbons (Fsp3) is 0.478. The largest absolute Gasteiger partial charge is 0.467 e. The van der Waals surface area contributed by atoms with E-state index in [0.29, 0.717) is 38.0 Å². The molecule has 0 bridgehead atoms. The normalized spacial score (nSPS) is 12.0. The molecule has 2 aromatic heterocycles. The van der Waals surface area contributed by atoms with Crippen molar-refractivity contribution in [1.29, 1.82) is 0 Å². The highest BCUT2D eigenvalue weighted by atomic mass is 32.2. The second-order valence-corrected chi connectivity index (χ2v) is 9.69. The highest BCUT2D eigenvalue weighted by Crippen LogP contribution is 2.24. The van der Waals surface area contributed by atoms with E-state index in [1.807, 2.05) is 26.0 Å². The molecular weight excluding hydrogens is 428 g/mol. The van der Waals surface area contributed by atoms with Gasteiger partial charge in [-0.15, -0.1) is 0 Å². The lowest BCUT2D eigenvalue weighted by atomic mass is 10.2. The zero-order chi connectivity index (χ0) is 23.3. The number of nitrogens with zero attached hydrogens (tertiary/aromatic N) is 4. The Morgan fingerprint density at radius 1 is 1.16 bits per heavy atom. The summed E-state index contributed by atoms with van der Waals surface area (Å²) >= 11 is 0. The summed E-state index contributed by atoms with van der Waals surface area (Å²) in [5, 5.41) is 0. The van der Waals surface area contributed by atoms with Crippen molar-refractivity contribution in [2.24, 2.45) is 0 Å². The molecule has 0 N–H and O–H groups in total. The van der Waals surface area contributed by atoms with Gasteiger partial charge >= 0.3 is 0 Å². The Labute approximate surface area is 189 Å². The minimum atomic E-state index is -3.56. The molecular formula is C23H32N4O4S. The van der Waals surface area contributed by atoms with Gasteiger partial charge in [-0.05, 0) is 36.8 Å². The highest BCUT2D eigenvalue weighted by Gasteiger charge is 2.23. The van der Waals surface area contributed by atoms with E-state index in [0.717, 1.165) is 30.1 Å². The van der Waals surface area contributed by atoms with Crippen LogP contribution in [0.3, 0.4) is 0 Å². The number of imidazole rings is 1. The molecule has 0 radical (unpaired) electrons. The summed E-state index contributed by atoms with van der Waals surface area (Å²) in [5.74, 6) is 1.53. The fourth-order valence-electron chi connectivity index (χ4n) is 3.83. The van der Waals surface area contributed by atoms with Crippen molar-refractivity contribution in [3.05, 3.63) is 48.2 Å². The smallest absolute Gasteiger partial charge is 0.243 e. The quantitative estimate of drug-likeness (QED) is 0.436. The standard InChI is InChI=1S/C23H32N4O4S/c1-5-14-27-21-11-10-19(32(29,30)26(6-2)7-3)16-20(21)24-22(27)12-13-23(28)25(4)17-18-9-8-15-31-18/h8-11,15-16H,5-7,12-14,17H2,1-4H3. The van der Waals surface area contributed by atoms with Gasteiger partial charge in [-0.2, -0.15) is 4.31 Å². The number of hydrogen-bond donors (Lipinski definition) is 0. The molecule has 0 saturated carbocycles. The second-order valence-electron chi connectivity index (χ2n) is 7.75. The number of amides is 1. The zero-order valence-corrected chi connectivity index (χ0v) is 20.1. The summed E-state index contributed by atoms with van der Waals surface area (Å²) in [6.45, 7) is 7.74. The monoisotopic (exact) mass is 460 g/mol. The van der Waals surface area contributed by atoms with E-state index >= 15 is 0 Å². The first-order chi connectivity index (χ1) is 15.3. The number of rotatable bonds is 11. The van der Waals surface area contributed by atoms with Gasteiger partial charge in [0.25, 0.3) is 0 Å². The maximum absolute atomic E-state index is 12.9. The van der Waals surface area contributed by atoms with E-state index in [1.165, 1.54) is 4.31 Å². The Morgan fingerprint density at radius 2 is 1.91 bits per heavy atom. The zero-order valence-electron chi connectivity index (χ0n) is 19.2. The highest BCUT2D eigenvalue weighted by molar-refractivity contribution is 7.89. The third kappa shape index (κ3) is 5.05. The third-order valence-corrected chi connectivity index (χ3v) is 7.60. The maximum Gasteiger partial charge on any atom is 0.243 e. The van der Waals surface area contributed by atoms with Gasteiger partial charge < -0.3 is 13.9 Å². The van der Waals surface area contributed by atoms with Crippen LogP contribution in [-0.4, -0.2) is 53.2 Å². The first-order valence-electron chi connectivity index (χ1n) is 11.1. The summed E-state index contributed by atoms with van der Waals surface area (Å²) in [4.78, 5) is 19.2. The van der Waals surface area contributed by atoms with Crippen LogP contribution in [0.25, 0.3) is 11.0 Å². The van der Waals surface area contributed by atoms with Gasteiger partial charge in [-0.25, -0.2) is 13.4 Å². The summed E-state index contributed by atoms with van der Waals surface area (Å²) in [6, 6.07) is 8.76. The Balaban J connectivity index is 1.83. The van der Waals surface area contributed by atoms with Crippen molar-refractivity contribution in [1.82, 2.24) is 18.8 Å². The number of benzene rings is 1. The summed E-state index contributed by atoms with van der Waals surface area (Å²) in [5.41, 5.74) is 1.52. The number of hydrogen-bond acceptors (Lipinski definition) is 5. The molecule has 1 aromatic carbocycles. The molecule has 174 valence electrons. The first kappa shape index (κ1) is 24.0. The lowest BCUT2D eigenvalue weighted by molar-refractivity contribution is -0.130. The van der Waals surface area contributed by atoms with Crippen molar-refractivity contribution in [2.75, 3.05) is 20.1 Å². The van der Waals surface area contributed by atoms with Gasteiger partial charge in [-0.3, -0.25) is 4.79 Å². The molecule has 8 nitrogen and oxygen atoms in total. The van der Waals surface area contributed by atoms with E-state index in [4.69, 9.17) is 9.40 Å². The molecule has 0 atom stereocenters. The molecule has 0 aliphatic carbocycles. The third-order valence-electron chi connectivity index (χ3n) is 5.55. The molecule has 9 heteroatoms. The van der Waals surface area contributed by atoms with E-state index in [-0.39, 0.29) is 10.8 Å². The molecule has 3 rings (SSSR count). The van der Waals surface area contributed by atoms with E-state index in [2.05, 4.69) is 11.5 Å². The maximum atomic E-state index is 12.9. The molecule has 3 aromatic rings. The summed E-state index contributed by atoms with van der Waals surface area (Å²) in [6.07, 6.45) is 3.29. The summed E-state index contributed by atoms with van der Waals surface area (Å²) in [7, 11) is -1.80. The molecule has 0 saturated heterocycles. The molecule has 32 heavy (non-hydrogen) atoms. The Bertz CT molecular complexity index is 1150. The predicted octanol–water partition coefficient (Wildman–Crippen LogP) is 3.66. The van der Waals surface area contributed by atoms with Crippen LogP contribution < -0.4 is 0 Å². The van der Waals surface area contributed by atoms with Gasteiger partial charge in [0, 0.05) is 39.5 Å². The van der Waals surface area contributed by atoms with Crippen molar-refractivity contribution in [3.63, 3.8) is 0 Å². The van der Waals surface area contributed by atoms with Crippen LogP contribution in [0.5, 0.6) is 0 Å². The van der Waals surface area contributed by atoms with Gasteiger partial charge in [0.15, 0.2) is 0 Å². The number of aryl methyl sites for hydroxylation is 2. The van der Waals surface area contributed by atoms with Crippen molar-refractivity contribution < 1.29 is 17.6 Å². The van der Waals surface area contributed by atoms with Gasteiger partial charge in [0.05, 0.1) is 28.7 Å². The Hall–Kier alpha value is -2.65. The van der Waals surface area contributed by atoms with Crippen LogP contribution in [0.15, 0.2) is 45.9 Å². The average molecular weight is 461 g/mol. The van der Waals surface area contributed by atoms with Crippen molar-refractivity contribution in [3.8, 4) is 0 Å². The topological polar surface area (TPSA) is 88.6 Å². The lowest BCUT2D eigenvalue weighted by Crippen LogP contribution is -2.30. The minimum absolute atomic E-state index is 0.00121. The van der Waals surface area contributed by atoms with Crippen LogP contribution in [-0.2, 0) is 34.3 Å². The number of aromatic nitrogens is 2. The number of carbonyl (C=O) groups is 1. The number of furan rings is 1. The van der Waals surface area contributed by atoms with Crippen LogP contribution >= 0.6 is 0 Å². The van der Waals surface area contributed by atoms with Crippen LogP contribution in [0.4, 0.5) is 0 Å². The van der Waals surface area contributed by atoms with Crippen LogP contribution in [0.1, 0.15) is 45.2 Å². The molecule has 0 aliphatic heterocycles. The van der Waals surface area contributed by atoms with Gasteiger partial charge in [-0.1, -0.05) is 20.8 Å². The number of fused-ring (bicyclic) bond motifs is 1. The molecule has 2 heterocycles. The molecule has 1 amide bonds. The Kier molecular flexibility index (Phi) is 7.73. The fourth-order valence-corrected chi connectivity index (χ4v) is 5.31. The van der Waals surface area contributed by atoms with Gasteiger partial charge in [0.2, 0.25) is 15.9 Å². The molecule has 0 aliphatic rings. The SMILES string of the molecule is CCCn1c(CCC(=O)N(C)Cc2ccco2)nc2cc(S(=O)(=O)N(CC)CC)ccc21. The number of carbonyl (C=O) groups excluding carboxylic acids is 1. The lowest BCUT2D eigenvalue weighted by Gasteiger charge is -2.18. The predicted molar refractivity (Wildman–Crippen MR) is 124 cm³/mol. The average Bonchev–Trinajstić information content (AvgIpc) is 3.40. The molecule has 0 spiro atoms. The minimum Gasteiger partial charge on any atom is -0.467 e. The first-order valence-corrected chi connectivity index (χ1v) is 12.5. The van der Waals surface area contributed by atoms with Crippen LogP contribution in [0, 0.1) is 0 Å². The van der Waals surface area contributed by atoms with E-state index < -0.39 is 10.0 Å². The van der Waals surface area contributed by atoms with Crippen LogP contribution in [0.2, 0.25) is 0 Å². The van der Waals surface area contributed by atoms with E-state index in [1.54, 1.807) is 36.4 Å². The van der Waals surface area contributed by atoms with E-state index in [9.17, 15) is 13.2 Å². The van der Waals surface area contributed by atoms with Crippen molar-refractivity contribution >= 4 is 27.0 Å². The summed E-state index contributed by atoms with van der Waals surface area (Å²) < 4.78 is 34.7. The van der Waals surface area contributed by atoms with Crippen molar-refractivity contribution in [2.45, 2.75) is 58.0 Å². The Morgan fingerprint density at radius 3 is 2.53 bits per heavy atom.